The van der Waals surface area contributed by atoms with Crippen LogP contribution in [0.2, 0.25) is 5.02 Å². The first-order valence-electron chi connectivity index (χ1n) is 5.92. The molecule has 0 aliphatic carbocycles. The summed E-state index contributed by atoms with van der Waals surface area (Å²) in [6.07, 6.45) is 0.266. The molecule has 19 heavy (non-hydrogen) atoms. The van der Waals surface area contributed by atoms with Gasteiger partial charge in [-0.15, -0.1) is 0 Å². The standard InChI is InChI=1S/C13H16ClIN2O2/c1-8(2)17-12(18)5-6-16-13(19)9-3-4-11(15)10(14)7-9/h3-4,7-8H,5-6H2,1-2H3,(H,16,19)(H,17,18). The van der Waals surface area contributed by atoms with Gasteiger partial charge in [0, 0.05) is 28.1 Å². The van der Waals surface area contributed by atoms with Crippen LogP contribution in [0.25, 0.3) is 0 Å². The smallest absolute Gasteiger partial charge is 0.251 e. The molecule has 2 N–H and O–H groups in total. The van der Waals surface area contributed by atoms with Crippen LogP contribution in [0.4, 0.5) is 0 Å². The van der Waals surface area contributed by atoms with E-state index in [-0.39, 0.29) is 24.3 Å². The predicted molar refractivity (Wildman–Crippen MR) is 84.4 cm³/mol. The van der Waals surface area contributed by atoms with Crippen molar-refractivity contribution < 1.29 is 9.59 Å². The molecule has 0 spiro atoms. The highest BCUT2D eigenvalue weighted by Gasteiger charge is 2.08. The topological polar surface area (TPSA) is 58.2 Å². The van der Waals surface area contributed by atoms with E-state index in [0.29, 0.717) is 17.1 Å². The zero-order chi connectivity index (χ0) is 14.4. The van der Waals surface area contributed by atoms with Crippen molar-refractivity contribution in [2.45, 2.75) is 26.3 Å². The number of carbonyl (C=O) groups excluding carboxylic acids is 2. The van der Waals surface area contributed by atoms with Crippen LogP contribution in [-0.2, 0) is 4.79 Å². The summed E-state index contributed by atoms with van der Waals surface area (Å²) < 4.78 is 0.895. The molecule has 0 saturated heterocycles. The molecule has 1 rings (SSSR count). The Kier molecular flexibility index (Phi) is 6.57. The van der Waals surface area contributed by atoms with Crippen molar-refractivity contribution >= 4 is 46.0 Å². The maximum atomic E-state index is 11.8. The van der Waals surface area contributed by atoms with Gasteiger partial charge in [0.15, 0.2) is 0 Å². The highest BCUT2D eigenvalue weighted by molar-refractivity contribution is 14.1. The molecule has 0 aliphatic heterocycles. The molecular weight excluding hydrogens is 379 g/mol. The molecule has 0 bridgehead atoms. The molecule has 0 saturated carbocycles. The number of rotatable bonds is 5. The highest BCUT2D eigenvalue weighted by Crippen LogP contribution is 2.19. The van der Waals surface area contributed by atoms with E-state index in [2.05, 4.69) is 33.2 Å². The van der Waals surface area contributed by atoms with Gasteiger partial charge in [-0.3, -0.25) is 9.59 Å². The summed E-state index contributed by atoms with van der Waals surface area (Å²) in [5, 5.41) is 6.00. The third-order valence-electron chi connectivity index (χ3n) is 2.27. The normalized spacial score (nSPS) is 10.4. The molecule has 0 atom stereocenters. The van der Waals surface area contributed by atoms with E-state index in [9.17, 15) is 9.59 Å². The van der Waals surface area contributed by atoms with Gasteiger partial charge in [-0.1, -0.05) is 11.6 Å². The van der Waals surface area contributed by atoms with Gasteiger partial charge in [0.2, 0.25) is 5.91 Å². The summed E-state index contributed by atoms with van der Waals surface area (Å²) in [5.41, 5.74) is 0.495. The fourth-order valence-corrected chi connectivity index (χ4v) is 1.94. The second kappa shape index (κ2) is 7.69. The molecule has 0 fully saturated rings. The SMILES string of the molecule is CC(C)NC(=O)CCNC(=O)c1ccc(I)c(Cl)c1. The zero-order valence-corrected chi connectivity index (χ0v) is 13.7. The summed E-state index contributed by atoms with van der Waals surface area (Å²) in [7, 11) is 0. The van der Waals surface area contributed by atoms with Crippen LogP contribution in [0.5, 0.6) is 0 Å². The fourth-order valence-electron chi connectivity index (χ4n) is 1.42. The van der Waals surface area contributed by atoms with E-state index in [1.54, 1.807) is 18.2 Å². The number of hydrogen-bond acceptors (Lipinski definition) is 2. The maximum Gasteiger partial charge on any atom is 0.251 e. The average Bonchev–Trinajstić information content (AvgIpc) is 2.31. The average molecular weight is 395 g/mol. The van der Waals surface area contributed by atoms with Gasteiger partial charge in [-0.05, 0) is 54.6 Å². The Labute approximate surface area is 131 Å². The van der Waals surface area contributed by atoms with Crippen molar-refractivity contribution in [1.82, 2.24) is 10.6 Å². The summed E-state index contributed by atoms with van der Waals surface area (Å²) >= 11 is 8.04. The van der Waals surface area contributed by atoms with Crippen molar-refractivity contribution in [3.05, 3.63) is 32.4 Å². The van der Waals surface area contributed by atoms with Crippen molar-refractivity contribution in [1.29, 1.82) is 0 Å². The quantitative estimate of drug-likeness (QED) is 0.754. The van der Waals surface area contributed by atoms with Gasteiger partial charge in [0.05, 0.1) is 5.02 Å². The van der Waals surface area contributed by atoms with Crippen LogP contribution in [0, 0.1) is 3.57 Å². The lowest BCUT2D eigenvalue weighted by molar-refractivity contribution is -0.121. The van der Waals surface area contributed by atoms with Crippen LogP contribution in [0.3, 0.4) is 0 Å². The molecule has 1 aromatic carbocycles. The molecule has 0 radical (unpaired) electrons. The van der Waals surface area contributed by atoms with Gasteiger partial charge in [0.25, 0.3) is 5.91 Å². The monoisotopic (exact) mass is 394 g/mol. The van der Waals surface area contributed by atoms with Crippen molar-refractivity contribution in [3.8, 4) is 0 Å². The largest absolute Gasteiger partial charge is 0.354 e. The second-order valence-electron chi connectivity index (χ2n) is 4.36. The molecule has 0 aromatic heterocycles. The van der Waals surface area contributed by atoms with E-state index < -0.39 is 0 Å². The maximum absolute atomic E-state index is 11.8. The Hall–Kier alpha value is -0.820. The van der Waals surface area contributed by atoms with Crippen molar-refractivity contribution in [3.63, 3.8) is 0 Å². The number of carbonyl (C=O) groups is 2. The molecule has 0 aliphatic rings. The summed E-state index contributed by atoms with van der Waals surface area (Å²) in [4.78, 5) is 23.2. The molecule has 0 unspecified atom stereocenters. The summed E-state index contributed by atoms with van der Waals surface area (Å²) in [6, 6.07) is 5.21. The van der Waals surface area contributed by atoms with E-state index in [1.807, 2.05) is 13.8 Å². The van der Waals surface area contributed by atoms with Crippen LogP contribution in [0.15, 0.2) is 18.2 Å². The molecule has 0 heterocycles. The van der Waals surface area contributed by atoms with Gasteiger partial charge >= 0.3 is 0 Å². The molecule has 104 valence electrons. The molecule has 4 nitrogen and oxygen atoms in total. The second-order valence-corrected chi connectivity index (χ2v) is 5.93. The highest BCUT2D eigenvalue weighted by atomic mass is 127. The molecular formula is C13H16ClIN2O2. The third-order valence-corrected chi connectivity index (χ3v) is 3.84. The van der Waals surface area contributed by atoms with E-state index in [4.69, 9.17) is 11.6 Å². The lowest BCUT2D eigenvalue weighted by atomic mass is 10.2. The van der Waals surface area contributed by atoms with E-state index in [1.165, 1.54) is 0 Å². The van der Waals surface area contributed by atoms with Crippen LogP contribution in [0.1, 0.15) is 30.6 Å². The first kappa shape index (κ1) is 16.2. The minimum Gasteiger partial charge on any atom is -0.354 e. The predicted octanol–water partition coefficient (Wildman–Crippen LogP) is 2.59. The van der Waals surface area contributed by atoms with Crippen LogP contribution < -0.4 is 10.6 Å². The van der Waals surface area contributed by atoms with Gasteiger partial charge in [0.1, 0.15) is 0 Å². The lowest BCUT2D eigenvalue weighted by Crippen LogP contribution is -2.34. The number of halogens is 2. The van der Waals surface area contributed by atoms with Crippen LogP contribution >= 0.6 is 34.2 Å². The summed E-state index contributed by atoms with van der Waals surface area (Å²) in [5.74, 6) is -0.299. The number of amides is 2. The Morgan fingerprint density at radius 1 is 1.37 bits per heavy atom. The van der Waals surface area contributed by atoms with Crippen molar-refractivity contribution in [2.24, 2.45) is 0 Å². The zero-order valence-electron chi connectivity index (χ0n) is 10.8. The first-order valence-corrected chi connectivity index (χ1v) is 7.38. The fraction of sp³-hybridized carbons (Fsp3) is 0.385. The lowest BCUT2D eigenvalue weighted by Gasteiger charge is -2.09. The Morgan fingerprint density at radius 3 is 2.63 bits per heavy atom. The number of hydrogen-bond donors (Lipinski definition) is 2. The van der Waals surface area contributed by atoms with Gasteiger partial charge in [-0.25, -0.2) is 0 Å². The first-order chi connectivity index (χ1) is 8.90. The Morgan fingerprint density at radius 2 is 2.05 bits per heavy atom. The Balaban J connectivity index is 2.43. The Bertz CT molecular complexity index is 478. The van der Waals surface area contributed by atoms with Crippen molar-refractivity contribution in [2.75, 3.05) is 6.54 Å². The van der Waals surface area contributed by atoms with Gasteiger partial charge < -0.3 is 10.6 Å². The van der Waals surface area contributed by atoms with Gasteiger partial charge in [-0.2, -0.15) is 0 Å². The minimum atomic E-state index is -0.226. The summed E-state index contributed by atoms with van der Waals surface area (Å²) in [6.45, 7) is 4.09. The molecule has 6 heteroatoms. The van der Waals surface area contributed by atoms with E-state index in [0.717, 1.165) is 3.57 Å². The van der Waals surface area contributed by atoms with Crippen LogP contribution in [-0.4, -0.2) is 24.4 Å². The number of nitrogens with one attached hydrogen (secondary N) is 2. The third kappa shape index (κ3) is 5.78. The minimum absolute atomic E-state index is 0.0732. The molecule has 2 amide bonds. The molecule has 1 aromatic rings. The van der Waals surface area contributed by atoms with E-state index >= 15 is 0 Å². The number of benzene rings is 1.